The van der Waals surface area contributed by atoms with E-state index in [2.05, 4.69) is 5.32 Å². The molecule has 1 rings (SSSR count). The van der Waals surface area contributed by atoms with Crippen LogP contribution in [-0.4, -0.2) is 23.0 Å². The number of rotatable bonds is 4. The summed E-state index contributed by atoms with van der Waals surface area (Å²) in [7, 11) is 0. The van der Waals surface area contributed by atoms with E-state index in [0.717, 1.165) is 12.1 Å². The topological polar surface area (TPSA) is 92.4 Å². The van der Waals surface area contributed by atoms with Crippen molar-refractivity contribution in [2.24, 2.45) is 0 Å². The first-order valence-corrected chi connectivity index (χ1v) is 5.04. The average molecular weight is 240 g/mol. The van der Waals surface area contributed by atoms with Gasteiger partial charge in [0.15, 0.2) is 0 Å². The van der Waals surface area contributed by atoms with E-state index >= 15 is 0 Å². The Hall–Kier alpha value is -2.11. The molecule has 1 aromatic rings. The lowest BCUT2D eigenvalue weighted by Gasteiger charge is -2.13. The second kappa shape index (κ2) is 5.29. The zero-order valence-electron chi connectivity index (χ0n) is 9.24. The van der Waals surface area contributed by atoms with Gasteiger partial charge in [-0.15, -0.1) is 0 Å². The molecule has 0 unspecified atom stereocenters. The Balaban J connectivity index is 2.89. The van der Waals surface area contributed by atoms with Crippen molar-refractivity contribution in [3.8, 4) is 0 Å². The summed E-state index contributed by atoms with van der Waals surface area (Å²) in [6, 6.07) is 2.34. The third kappa shape index (κ3) is 3.17. The van der Waals surface area contributed by atoms with Crippen LogP contribution in [0.2, 0.25) is 0 Å². The molecular weight excluding hydrogens is 227 g/mol. The lowest BCUT2D eigenvalue weighted by Crippen LogP contribution is -2.40. The van der Waals surface area contributed by atoms with Crippen molar-refractivity contribution in [3.63, 3.8) is 0 Å². The Kier molecular flexibility index (Phi) is 4.03. The number of carboxylic acid groups (broad SMARTS) is 1. The van der Waals surface area contributed by atoms with Crippen LogP contribution in [0.25, 0.3) is 0 Å². The fraction of sp³-hybridized carbons (Fsp3) is 0.273. The number of aliphatic carboxylic acids is 1. The number of amides is 1. The lowest BCUT2D eigenvalue weighted by atomic mass is 10.1. The number of benzene rings is 1. The van der Waals surface area contributed by atoms with E-state index in [4.69, 9.17) is 10.8 Å². The van der Waals surface area contributed by atoms with Crippen LogP contribution in [0.15, 0.2) is 18.2 Å². The molecule has 0 aliphatic rings. The molecule has 0 saturated heterocycles. The zero-order valence-corrected chi connectivity index (χ0v) is 9.24. The highest BCUT2D eigenvalue weighted by atomic mass is 19.1. The highest BCUT2D eigenvalue weighted by Gasteiger charge is 2.19. The number of halogens is 1. The van der Waals surface area contributed by atoms with Gasteiger partial charge in [-0.1, -0.05) is 6.92 Å². The van der Waals surface area contributed by atoms with Crippen LogP contribution in [0.5, 0.6) is 0 Å². The Bertz CT molecular complexity index is 448. The second-order valence-corrected chi connectivity index (χ2v) is 3.50. The molecule has 5 nitrogen and oxygen atoms in total. The molecule has 6 heteroatoms. The summed E-state index contributed by atoms with van der Waals surface area (Å²) in [5.74, 6) is -2.44. The van der Waals surface area contributed by atoms with Gasteiger partial charge in [0, 0.05) is 5.69 Å². The number of carbonyl (C=O) groups excluding carboxylic acids is 1. The summed E-state index contributed by atoms with van der Waals surface area (Å²) in [6.07, 6.45) is 0.232. The minimum absolute atomic E-state index is 0.0651. The quantitative estimate of drug-likeness (QED) is 0.684. The Morgan fingerprint density at radius 1 is 1.53 bits per heavy atom. The van der Waals surface area contributed by atoms with Crippen molar-refractivity contribution < 1.29 is 19.1 Å². The number of nitrogen functional groups attached to an aromatic ring is 1. The number of hydrogen-bond acceptors (Lipinski definition) is 3. The molecule has 0 spiro atoms. The molecule has 1 aromatic carbocycles. The standard InChI is InChI=1S/C11H13FN2O3/c1-2-9(11(16)17)14-10(15)7-5-6(12)3-4-8(7)13/h3-5,9H,2,13H2,1H3,(H,14,15)(H,16,17)/t9-/m0/s1. The van der Waals surface area contributed by atoms with Gasteiger partial charge in [0.25, 0.3) is 5.91 Å². The molecule has 0 aliphatic carbocycles. The smallest absolute Gasteiger partial charge is 0.326 e. The minimum atomic E-state index is -1.14. The Morgan fingerprint density at radius 2 is 2.18 bits per heavy atom. The molecule has 0 aromatic heterocycles. The van der Waals surface area contributed by atoms with Gasteiger partial charge in [0.2, 0.25) is 0 Å². The normalized spacial score (nSPS) is 11.9. The van der Waals surface area contributed by atoms with Gasteiger partial charge in [0.1, 0.15) is 11.9 Å². The lowest BCUT2D eigenvalue weighted by molar-refractivity contribution is -0.139. The maximum atomic E-state index is 12.9. The van der Waals surface area contributed by atoms with Crippen molar-refractivity contribution in [1.82, 2.24) is 5.32 Å². The molecule has 17 heavy (non-hydrogen) atoms. The molecular formula is C11H13FN2O3. The number of nitrogens with two attached hydrogens (primary N) is 1. The van der Waals surface area contributed by atoms with E-state index in [1.807, 2.05) is 0 Å². The highest BCUT2D eigenvalue weighted by Crippen LogP contribution is 2.13. The van der Waals surface area contributed by atoms with E-state index in [0.29, 0.717) is 0 Å². The number of carbonyl (C=O) groups is 2. The van der Waals surface area contributed by atoms with Crippen molar-refractivity contribution in [2.45, 2.75) is 19.4 Å². The number of hydrogen-bond donors (Lipinski definition) is 3. The fourth-order valence-electron chi connectivity index (χ4n) is 1.30. The molecule has 0 heterocycles. The SMILES string of the molecule is CC[C@H](NC(=O)c1cc(F)ccc1N)C(=O)O. The highest BCUT2D eigenvalue weighted by molar-refractivity contribution is 6.00. The first kappa shape index (κ1) is 13.0. The van der Waals surface area contributed by atoms with Gasteiger partial charge in [-0.3, -0.25) is 4.79 Å². The molecule has 4 N–H and O–H groups in total. The minimum Gasteiger partial charge on any atom is -0.480 e. The predicted octanol–water partition coefficient (Wildman–Crippen LogP) is 1.00. The first-order chi connectivity index (χ1) is 7.95. The third-order valence-electron chi connectivity index (χ3n) is 2.27. The molecule has 0 bridgehead atoms. The molecule has 0 aliphatic heterocycles. The van der Waals surface area contributed by atoms with E-state index < -0.39 is 23.7 Å². The molecule has 1 amide bonds. The van der Waals surface area contributed by atoms with Crippen molar-refractivity contribution in [1.29, 1.82) is 0 Å². The maximum absolute atomic E-state index is 12.9. The third-order valence-corrected chi connectivity index (χ3v) is 2.27. The van der Waals surface area contributed by atoms with Gasteiger partial charge in [-0.2, -0.15) is 0 Å². The summed E-state index contributed by atoms with van der Waals surface area (Å²) >= 11 is 0. The van der Waals surface area contributed by atoms with Crippen LogP contribution in [-0.2, 0) is 4.79 Å². The largest absolute Gasteiger partial charge is 0.480 e. The zero-order chi connectivity index (χ0) is 13.0. The van der Waals surface area contributed by atoms with Crippen LogP contribution in [0, 0.1) is 5.82 Å². The van der Waals surface area contributed by atoms with Crippen molar-refractivity contribution in [2.75, 3.05) is 5.73 Å². The molecule has 0 saturated carbocycles. The number of nitrogens with one attached hydrogen (secondary N) is 1. The number of carboxylic acids is 1. The van der Waals surface area contributed by atoms with Gasteiger partial charge in [0.05, 0.1) is 5.56 Å². The second-order valence-electron chi connectivity index (χ2n) is 3.50. The fourth-order valence-corrected chi connectivity index (χ4v) is 1.30. The van der Waals surface area contributed by atoms with Crippen molar-refractivity contribution >= 4 is 17.6 Å². The van der Waals surface area contributed by atoms with Gasteiger partial charge in [-0.25, -0.2) is 9.18 Å². The van der Waals surface area contributed by atoms with Gasteiger partial charge in [-0.05, 0) is 24.6 Å². The van der Waals surface area contributed by atoms with Crippen LogP contribution < -0.4 is 11.1 Å². The van der Waals surface area contributed by atoms with Crippen LogP contribution in [0.4, 0.5) is 10.1 Å². The predicted molar refractivity (Wildman–Crippen MR) is 60.0 cm³/mol. The Labute approximate surface area is 97.4 Å². The molecule has 0 radical (unpaired) electrons. The van der Waals surface area contributed by atoms with Crippen LogP contribution in [0.1, 0.15) is 23.7 Å². The summed E-state index contributed by atoms with van der Waals surface area (Å²) < 4.78 is 12.9. The number of anilines is 1. The Morgan fingerprint density at radius 3 is 2.71 bits per heavy atom. The summed E-state index contributed by atoms with van der Waals surface area (Å²) in [5.41, 5.74) is 5.54. The molecule has 1 atom stereocenters. The van der Waals surface area contributed by atoms with E-state index in [1.54, 1.807) is 6.92 Å². The van der Waals surface area contributed by atoms with Crippen LogP contribution >= 0.6 is 0 Å². The van der Waals surface area contributed by atoms with Crippen LogP contribution in [0.3, 0.4) is 0 Å². The monoisotopic (exact) mass is 240 g/mol. The summed E-state index contributed by atoms with van der Waals surface area (Å²) in [4.78, 5) is 22.4. The van der Waals surface area contributed by atoms with E-state index in [1.165, 1.54) is 6.07 Å². The molecule has 92 valence electrons. The van der Waals surface area contributed by atoms with E-state index in [-0.39, 0.29) is 17.7 Å². The van der Waals surface area contributed by atoms with E-state index in [9.17, 15) is 14.0 Å². The maximum Gasteiger partial charge on any atom is 0.326 e. The van der Waals surface area contributed by atoms with Crippen molar-refractivity contribution in [3.05, 3.63) is 29.6 Å². The van der Waals surface area contributed by atoms with Gasteiger partial charge >= 0.3 is 5.97 Å². The summed E-state index contributed by atoms with van der Waals surface area (Å²) in [5, 5.41) is 11.0. The average Bonchev–Trinajstić information content (AvgIpc) is 2.28. The molecule has 0 fully saturated rings. The van der Waals surface area contributed by atoms with Gasteiger partial charge < -0.3 is 16.2 Å². The first-order valence-electron chi connectivity index (χ1n) is 5.04. The summed E-state index contributed by atoms with van der Waals surface area (Å²) in [6.45, 7) is 1.62.